The van der Waals surface area contributed by atoms with Crippen LogP contribution < -0.4 is 15.0 Å². The molecular weight excluding hydrogens is 661 g/mol. The van der Waals surface area contributed by atoms with Crippen LogP contribution in [0.2, 0.25) is 0 Å². The monoisotopic (exact) mass is 706 g/mol. The summed E-state index contributed by atoms with van der Waals surface area (Å²) < 4.78 is 14.4. The Bertz CT molecular complexity index is 2620. The number of furan rings is 1. The van der Waals surface area contributed by atoms with Crippen LogP contribution in [0.15, 0.2) is 144 Å². The van der Waals surface area contributed by atoms with Crippen LogP contribution in [-0.2, 0) is 11.8 Å². The highest BCUT2D eigenvalue weighted by Crippen LogP contribution is 2.51. The van der Waals surface area contributed by atoms with Gasteiger partial charge < -0.3 is 19.4 Å². The van der Waals surface area contributed by atoms with E-state index in [9.17, 15) is 0 Å². The lowest BCUT2D eigenvalue weighted by atomic mass is 9.83. The number of nitrogens with one attached hydrogen (secondary N) is 1. The summed E-state index contributed by atoms with van der Waals surface area (Å²) in [5.41, 5.74) is 13.2. The normalized spacial score (nSPS) is 17.2. The molecule has 268 valence electrons. The molecule has 0 saturated carbocycles. The zero-order valence-corrected chi connectivity index (χ0v) is 31.7. The van der Waals surface area contributed by atoms with E-state index in [2.05, 4.69) is 185 Å². The van der Waals surface area contributed by atoms with E-state index in [1.807, 2.05) is 0 Å². The molecule has 9 rings (SSSR count). The lowest BCUT2D eigenvalue weighted by molar-refractivity contribution is 0.179. The minimum atomic E-state index is -0.298. The van der Waals surface area contributed by atoms with Crippen LogP contribution >= 0.6 is 0 Å². The molecule has 2 aliphatic rings. The van der Waals surface area contributed by atoms with Gasteiger partial charge in [-0.2, -0.15) is 0 Å². The molecule has 4 heteroatoms. The molecule has 0 bridgehead atoms. The third-order valence-corrected chi connectivity index (χ3v) is 11.1. The number of aryl methyl sites for hydroxylation is 2. The number of rotatable bonds is 5. The van der Waals surface area contributed by atoms with Gasteiger partial charge in [-0.3, -0.25) is 0 Å². The van der Waals surface area contributed by atoms with Gasteiger partial charge in [-0.25, -0.2) is 0 Å². The predicted octanol–water partition coefficient (Wildman–Crippen LogP) is 13.4. The largest absolute Gasteiger partial charge is 0.469 e. The van der Waals surface area contributed by atoms with E-state index < -0.39 is 0 Å². The fraction of sp³-hybridized carbons (Fsp3) is 0.200. The smallest absolute Gasteiger partial charge is 0.176 e. The number of hydrogen-bond acceptors (Lipinski definition) is 4. The number of fused-ring (bicyclic) bond motifs is 8. The zero-order valence-electron chi connectivity index (χ0n) is 31.7. The molecule has 0 amide bonds. The Labute approximate surface area is 318 Å². The Hall–Kier alpha value is -6.00. The number of anilines is 3. The molecule has 4 nitrogen and oxygen atoms in total. The van der Waals surface area contributed by atoms with Crippen molar-refractivity contribution < 1.29 is 9.15 Å². The summed E-state index contributed by atoms with van der Waals surface area (Å²) >= 11 is 0. The summed E-state index contributed by atoms with van der Waals surface area (Å²) in [6.07, 6.45) is 5.46. The summed E-state index contributed by atoms with van der Waals surface area (Å²) in [6, 6.07) is 43.5. The Morgan fingerprint density at radius 1 is 0.759 bits per heavy atom. The van der Waals surface area contributed by atoms with Crippen molar-refractivity contribution in [3.05, 3.63) is 174 Å². The predicted molar refractivity (Wildman–Crippen MR) is 226 cm³/mol. The van der Waals surface area contributed by atoms with Crippen molar-refractivity contribution in [2.24, 2.45) is 0 Å². The highest BCUT2D eigenvalue weighted by molar-refractivity contribution is 6.18. The van der Waals surface area contributed by atoms with Crippen LogP contribution in [0.3, 0.4) is 0 Å². The molecule has 0 fully saturated rings. The van der Waals surface area contributed by atoms with E-state index in [4.69, 9.17) is 9.15 Å². The summed E-state index contributed by atoms with van der Waals surface area (Å²) in [5, 5.41) is 7.23. The van der Waals surface area contributed by atoms with Crippen LogP contribution in [0.4, 0.5) is 17.1 Å². The van der Waals surface area contributed by atoms with Gasteiger partial charge in [0.25, 0.3) is 0 Å². The van der Waals surface area contributed by atoms with Gasteiger partial charge in [0.15, 0.2) is 6.23 Å². The van der Waals surface area contributed by atoms with Crippen molar-refractivity contribution in [3.63, 3.8) is 0 Å². The van der Waals surface area contributed by atoms with Gasteiger partial charge in [-0.1, -0.05) is 130 Å². The first-order valence-electron chi connectivity index (χ1n) is 19.0. The molecule has 7 aromatic rings. The van der Waals surface area contributed by atoms with Crippen molar-refractivity contribution in [1.29, 1.82) is 0 Å². The molecular formula is C50H46N2O2. The van der Waals surface area contributed by atoms with Crippen molar-refractivity contribution in [3.8, 4) is 16.9 Å². The lowest BCUT2D eigenvalue weighted by Crippen LogP contribution is -2.44. The summed E-state index contributed by atoms with van der Waals surface area (Å²) in [4.78, 5) is 2.51. The first kappa shape index (κ1) is 33.8. The fourth-order valence-corrected chi connectivity index (χ4v) is 8.58. The molecule has 1 N–H and O–H groups in total. The van der Waals surface area contributed by atoms with Gasteiger partial charge in [0.2, 0.25) is 0 Å². The quantitative estimate of drug-likeness (QED) is 0.193. The van der Waals surface area contributed by atoms with E-state index in [0.29, 0.717) is 12.8 Å². The molecule has 1 aliphatic heterocycles. The number of ether oxygens (including phenoxy) is 1. The maximum atomic E-state index is 7.35. The topological polar surface area (TPSA) is 37.6 Å². The van der Waals surface area contributed by atoms with E-state index in [-0.39, 0.29) is 17.7 Å². The summed E-state index contributed by atoms with van der Waals surface area (Å²) in [5.74, 6) is 1.91. The number of hydrogen-bond donors (Lipinski definition) is 1. The first-order valence-corrected chi connectivity index (χ1v) is 19.0. The highest BCUT2D eigenvalue weighted by atomic mass is 16.5. The second-order valence-corrected chi connectivity index (χ2v) is 16.0. The maximum Gasteiger partial charge on any atom is 0.176 e. The van der Waals surface area contributed by atoms with Crippen LogP contribution in [0, 0.1) is 13.8 Å². The maximum absolute atomic E-state index is 7.35. The van der Waals surface area contributed by atoms with Gasteiger partial charge in [-0.15, -0.1) is 0 Å². The number of nitrogens with zero attached hydrogens (tertiary/aromatic N) is 1. The number of allylic oxidation sites excluding steroid dienone is 2. The van der Waals surface area contributed by atoms with Crippen molar-refractivity contribution >= 4 is 44.4 Å². The van der Waals surface area contributed by atoms with Gasteiger partial charge in [0, 0.05) is 57.7 Å². The van der Waals surface area contributed by atoms with Gasteiger partial charge in [0.05, 0.1) is 11.7 Å². The second-order valence-electron chi connectivity index (χ2n) is 16.0. The molecule has 0 spiro atoms. The van der Waals surface area contributed by atoms with E-state index in [0.717, 1.165) is 50.7 Å². The third kappa shape index (κ3) is 5.87. The van der Waals surface area contributed by atoms with Gasteiger partial charge in [0.1, 0.15) is 17.1 Å². The molecule has 0 radical (unpaired) electrons. The molecule has 1 aromatic heterocycles. The Kier molecular flexibility index (Phi) is 8.23. The first-order chi connectivity index (χ1) is 26.1. The Morgan fingerprint density at radius 2 is 1.48 bits per heavy atom. The SMILES string of the molecule is C=C1/C=C\CC(N(c2cccc(C)c2)C2Cc3oc4cc(Nc5cccc(C)c5)c5ccccc5c4c3-c3ccccc32)Oc2c1cccc2C(C)(C)C. The molecule has 1 aliphatic carbocycles. The van der Waals surface area contributed by atoms with E-state index in [1.54, 1.807) is 0 Å². The minimum absolute atomic E-state index is 0.0570. The van der Waals surface area contributed by atoms with Crippen LogP contribution in [0.1, 0.15) is 66.8 Å². The summed E-state index contributed by atoms with van der Waals surface area (Å²) in [6.45, 7) is 15.5. The Morgan fingerprint density at radius 3 is 2.28 bits per heavy atom. The molecule has 0 saturated heterocycles. The van der Waals surface area contributed by atoms with Crippen LogP contribution in [0.5, 0.6) is 5.75 Å². The van der Waals surface area contributed by atoms with Crippen LogP contribution in [-0.4, -0.2) is 6.23 Å². The Balaban J connectivity index is 1.22. The third-order valence-electron chi connectivity index (χ3n) is 11.1. The summed E-state index contributed by atoms with van der Waals surface area (Å²) in [7, 11) is 0. The van der Waals surface area contributed by atoms with Crippen LogP contribution in [0.25, 0.3) is 38.4 Å². The van der Waals surface area contributed by atoms with Gasteiger partial charge in [-0.05, 0) is 76.7 Å². The van der Waals surface area contributed by atoms with Crippen molar-refractivity contribution in [1.82, 2.24) is 0 Å². The average Bonchev–Trinajstić information content (AvgIpc) is 3.52. The van der Waals surface area contributed by atoms with Crippen molar-refractivity contribution in [2.45, 2.75) is 65.1 Å². The standard InChI is InChI=1S/C50H46N2O2/c1-31-15-11-18-34(27-31)51-42-29-44-47(39-22-9-7-20-37(39)42)48-40-23-10-8-21-38(40)43(30-45(48)53-44)52(35-19-12-16-32(2)28-35)46-26-13-17-33(3)36-24-14-25-41(49(36)54-46)50(4,5)6/h7-25,27-29,43,46,51H,3,26,30H2,1-2,4-6H3/b17-13-. The highest BCUT2D eigenvalue weighted by Gasteiger charge is 2.38. The molecule has 54 heavy (non-hydrogen) atoms. The van der Waals surface area contributed by atoms with Crippen molar-refractivity contribution in [2.75, 3.05) is 10.2 Å². The fourth-order valence-electron chi connectivity index (χ4n) is 8.58. The minimum Gasteiger partial charge on any atom is -0.469 e. The molecule has 6 aromatic carbocycles. The van der Waals surface area contributed by atoms with E-state index >= 15 is 0 Å². The van der Waals surface area contributed by atoms with Gasteiger partial charge >= 0.3 is 0 Å². The molecule has 2 unspecified atom stereocenters. The van der Waals surface area contributed by atoms with E-state index in [1.165, 1.54) is 44.2 Å². The number of benzene rings is 6. The average molecular weight is 707 g/mol. The molecule has 2 atom stereocenters. The zero-order chi connectivity index (χ0) is 37.1. The lowest BCUT2D eigenvalue weighted by Gasteiger charge is -2.43. The molecule has 2 heterocycles. The second kappa shape index (κ2) is 13.1. The number of para-hydroxylation sites is 1.